The average Bonchev–Trinajstić information content (AvgIpc) is 2.47. The predicted octanol–water partition coefficient (Wildman–Crippen LogP) is 0.517. The summed E-state index contributed by atoms with van der Waals surface area (Å²) in [6.45, 7) is 0.489. The van der Waals surface area contributed by atoms with E-state index in [2.05, 4.69) is 9.97 Å². The van der Waals surface area contributed by atoms with Crippen molar-refractivity contribution in [3.05, 3.63) is 18.1 Å². The lowest BCUT2D eigenvalue weighted by molar-refractivity contribution is 0.202. The summed E-state index contributed by atoms with van der Waals surface area (Å²) in [4.78, 5) is 19.6. The van der Waals surface area contributed by atoms with Gasteiger partial charge in [0.1, 0.15) is 12.1 Å². The zero-order chi connectivity index (χ0) is 8.55. The van der Waals surface area contributed by atoms with Crippen molar-refractivity contribution in [3.8, 4) is 0 Å². The van der Waals surface area contributed by atoms with E-state index in [0.29, 0.717) is 18.8 Å². The maximum absolute atomic E-state index is 10.6. The summed E-state index contributed by atoms with van der Waals surface area (Å²) in [5, 5.41) is 8.73. The first kappa shape index (κ1) is 7.02. The fourth-order valence-corrected chi connectivity index (χ4v) is 1.30. The van der Waals surface area contributed by atoms with Crippen LogP contribution < -0.4 is 4.90 Å². The number of anilines is 1. The summed E-state index contributed by atoms with van der Waals surface area (Å²) in [7, 11) is 0. The van der Waals surface area contributed by atoms with Crippen molar-refractivity contribution in [2.45, 2.75) is 6.42 Å². The number of fused-ring (bicyclic) bond motifs is 1. The lowest BCUT2D eigenvalue weighted by atomic mass is 10.3. The lowest BCUT2D eigenvalue weighted by Gasteiger charge is -2.09. The molecule has 2 heterocycles. The van der Waals surface area contributed by atoms with Crippen LogP contribution in [0.4, 0.5) is 10.6 Å². The first-order valence-electron chi connectivity index (χ1n) is 3.58. The maximum Gasteiger partial charge on any atom is 0.413 e. The van der Waals surface area contributed by atoms with Gasteiger partial charge in [0.25, 0.3) is 0 Å². The molecule has 0 atom stereocenters. The largest absolute Gasteiger partial charge is 0.465 e. The highest BCUT2D eigenvalue weighted by Crippen LogP contribution is 2.23. The van der Waals surface area contributed by atoms with Gasteiger partial charge in [-0.15, -0.1) is 0 Å². The average molecular weight is 165 g/mol. The van der Waals surface area contributed by atoms with E-state index in [-0.39, 0.29) is 0 Å². The lowest BCUT2D eigenvalue weighted by Crippen LogP contribution is -2.27. The fourth-order valence-electron chi connectivity index (χ4n) is 1.30. The molecule has 2 rings (SSSR count). The quantitative estimate of drug-likeness (QED) is 0.608. The Bertz CT molecular complexity index is 326. The second-order valence-corrected chi connectivity index (χ2v) is 2.56. The van der Waals surface area contributed by atoms with E-state index in [1.165, 1.54) is 11.2 Å². The first-order valence-corrected chi connectivity index (χ1v) is 3.58. The molecule has 12 heavy (non-hydrogen) atoms. The number of aromatic nitrogens is 2. The molecule has 1 amide bonds. The van der Waals surface area contributed by atoms with E-state index in [0.717, 1.165) is 5.56 Å². The molecule has 1 aromatic heterocycles. The molecule has 0 bridgehead atoms. The second kappa shape index (κ2) is 2.44. The molecule has 62 valence electrons. The summed E-state index contributed by atoms with van der Waals surface area (Å²) < 4.78 is 0. The molecule has 0 fully saturated rings. The van der Waals surface area contributed by atoms with Crippen molar-refractivity contribution in [1.29, 1.82) is 0 Å². The fraction of sp³-hybridized carbons (Fsp3) is 0.286. The van der Waals surface area contributed by atoms with Crippen LogP contribution >= 0.6 is 0 Å². The van der Waals surface area contributed by atoms with E-state index in [1.807, 2.05) is 0 Å². The van der Waals surface area contributed by atoms with Gasteiger partial charge >= 0.3 is 6.09 Å². The molecule has 1 aliphatic rings. The first-order chi connectivity index (χ1) is 5.79. The van der Waals surface area contributed by atoms with Gasteiger partial charge in [0.05, 0.1) is 0 Å². The van der Waals surface area contributed by atoms with Crippen LogP contribution in [0.1, 0.15) is 5.56 Å². The van der Waals surface area contributed by atoms with Gasteiger partial charge in [-0.3, -0.25) is 4.90 Å². The molecule has 1 N–H and O–H groups in total. The highest BCUT2D eigenvalue weighted by Gasteiger charge is 2.25. The van der Waals surface area contributed by atoms with Crippen LogP contribution in [0.5, 0.6) is 0 Å². The van der Waals surface area contributed by atoms with Gasteiger partial charge in [0, 0.05) is 18.3 Å². The molecular weight excluding hydrogens is 158 g/mol. The SMILES string of the molecule is O=C(O)N1CCc2cncnc21. The van der Waals surface area contributed by atoms with Gasteiger partial charge < -0.3 is 5.11 Å². The minimum atomic E-state index is -0.951. The van der Waals surface area contributed by atoms with E-state index >= 15 is 0 Å². The zero-order valence-electron chi connectivity index (χ0n) is 6.27. The van der Waals surface area contributed by atoms with Crippen LogP contribution in [0.25, 0.3) is 0 Å². The van der Waals surface area contributed by atoms with Crippen molar-refractivity contribution < 1.29 is 9.90 Å². The number of amides is 1. The summed E-state index contributed by atoms with van der Waals surface area (Å²) in [6, 6.07) is 0. The van der Waals surface area contributed by atoms with Crippen LogP contribution in [0, 0.1) is 0 Å². The van der Waals surface area contributed by atoms with Gasteiger partial charge in [-0.2, -0.15) is 0 Å². The summed E-state index contributed by atoms with van der Waals surface area (Å²) in [5.74, 6) is 0.525. The van der Waals surface area contributed by atoms with Crippen molar-refractivity contribution in [2.75, 3.05) is 11.4 Å². The predicted molar refractivity (Wildman–Crippen MR) is 41.1 cm³/mol. The third-order valence-electron chi connectivity index (χ3n) is 1.86. The Balaban J connectivity index is 2.42. The molecule has 1 aliphatic heterocycles. The highest BCUT2D eigenvalue weighted by atomic mass is 16.4. The Morgan fingerprint density at radius 1 is 1.67 bits per heavy atom. The summed E-state index contributed by atoms with van der Waals surface area (Å²) in [6.07, 6.45) is 2.78. The molecule has 0 unspecified atom stereocenters. The Kier molecular flexibility index (Phi) is 1.43. The van der Waals surface area contributed by atoms with Gasteiger partial charge in [-0.25, -0.2) is 14.8 Å². The van der Waals surface area contributed by atoms with Gasteiger partial charge in [0.2, 0.25) is 0 Å². The Labute approximate surface area is 68.7 Å². The van der Waals surface area contributed by atoms with Crippen LogP contribution in [-0.4, -0.2) is 27.7 Å². The zero-order valence-corrected chi connectivity index (χ0v) is 6.27. The Morgan fingerprint density at radius 2 is 2.50 bits per heavy atom. The number of carboxylic acid groups (broad SMARTS) is 1. The molecule has 0 saturated heterocycles. The standard InChI is InChI=1S/C7H7N3O2/c11-7(12)10-2-1-5-3-8-4-9-6(5)10/h3-4H,1-2H2,(H,11,12). The van der Waals surface area contributed by atoms with E-state index in [1.54, 1.807) is 6.20 Å². The van der Waals surface area contributed by atoms with Crippen molar-refractivity contribution in [1.82, 2.24) is 9.97 Å². The Morgan fingerprint density at radius 3 is 3.25 bits per heavy atom. The molecule has 1 aromatic rings. The highest BCUT2D eigenvalue weighted by molar-refractivity contribution is 5.87. The Hall–Kier alpha value is -1.65. The van der Waals surface area contributed by atoms with Gasteiger partial charge in [-0.1, -0.05) is 0 Å². The molecule has 5 heteroatoms. The molecule has 0 aliphatic carbocycles. The third kappa shape index (κ3) is 0.903. The molecule has 0 spiro atoms. The topological polar surface area (TPSA) is 66.3 Å². The third-order valence-corrected chi connectivity index (χ3v) is 1.86. The number of hydrogen-bond acceptors (Lipinski definition) is 3. The van der Waals surface area contributed by atoms with E-state index in [9.17, 15) is 4.79 Å². The number of nitrogens with zero attached hydrogens (tertiary/aromatic N) is 3. The van der Waals surface area contributed by atoms with Gasteiger partial charge in [0.15, 0.2) is 0 Å². The van der Waals surface area contributed by atoms with Gasteiger partial charge in [-0.05, 0) is 6.42 Å². The summed E-state index contributed by atoms with van der Waals surface area (Å²) in [5.41, 5.74) is 0.903. The number of carbonyl (C=O) groups is 1. The minimum Gasteiger partial charge on any atom is -0.465 e. The van der Waals surface area contributed by atoms with Crippen LogP contribution in [0.15, 0.2) is 12.5 Å². The molecule has 5 nitrogen and oxygen atoms in total. The van der Waals surface area contributed by atoms with Crippen molar-refractivity contribution >= 4 is 11.9 Å². The number of rotatable bonds is 0. The molecule has 0 saturated carbocycles. The van der Waals surface area contributed by atoms with Crippen molar-refractivity contribution in [2.24, 2.45) is 0 Å². The second-order valence-electron chi connectivity index (χ2n) is 2.56. The van der Waals surface area contributed by atoms with Crippen LogP contribution in [0.3, 0.4) is 0 Å². The maximum atomic E-state index is 10.6. The molecular formula is C7H7N3O2. The van der Waals surface area contributed by atoms with E-state index in [4.69, 9.17) is 5.11 Å². The van der Waals surface area contributed by atoms with Crippen LogP contribution in [0.2, 0.25) is 0 Å². The smallest absolute Gasteiger partial charge is 0.413 e. The normalized spacial score (nSPS) is 14.5. The monoisotopic (exact) mass is 165 g/mol. The minimum absolute atomic E-state index is 0.489. The number of hydrogen-bond donors (Lipinski definition) is 1. The molecule has 0 radical (unpaired) electrons. The van der Waals surface area contributed by atoms with E-state index < -0.39 is 6.09 Å². The summed E-state index contributed by atoms with van der Waals surface area (Å²) >= 11 is 0. The van der Waals surface area contributed by atoms with Crippen molar-refractivity contribution in [3.63, 3.8) is 0 Å². The molecule has 0 aromatic carbocycles. The van der Waals surface area contributed by atoms with Crippen LogP contribution in [-0.2, 0) is 6.42 Å².